The number of ether oxygens (including phenoxy) is 1. The topological polar surface area (TPSA) is 126 Å². The van der Waals surface area contributed by atoms with Crippen molar-refractivity contribution >= 4 is 40.8 Å². The summed E-state index contributed by atoms with van der Waals surface area (Å²) in [6, 6.07) is 7.09. The number of hydrogen-bond donors (Lipinski definition) is 2. The Labute approximate surface area is 198 Å². The second-order valence-electron chi connectivity index (χ2n) is 7.95. The van der Waals surface area contributed by atoms with Gasteiger partial charge in [-0.25, -0.2) is 14.8 Å². The second-order valence-corrected chi connectivity index (χ2v) is 8.36. The van der Waals surface area contributed by atoms with E-state index >= 15 is 0 Å². The first-order valence-corrected chi connectivity index (χ1v) is 10.8. The summed E-state index contributed by atoms with van der Waals surface area (Å²) in [4.78, 5) is 32.6. The molecule has 1 saturated carbocycles. The third-order valence-corrected chi connectivity index (χ3v) is 6.02. The van der Waals surface area contributed by atoms with Gasteiger partial charge in [0.1, 0.15) is 22.9 Å². The molecule has 9 nitrogen and oxygen atoms in total. The van der Waals surface area contributed by atoms with Gasteiger partial charge in [0, 0.05) is 16.7 Å². The number of amides is 1. The summed E-state index contributed by atoms with van der Waals surface area (Å²) >= 11 is 6.15. The molecule has 0 saturated heterocycles. The van der Waals surface area contributed by atoms with Gasteiger partial charge in [0.25, 0.3) is 0 Å². The van der Waals surface area contributed by atoms with E-state index in [1.54, 1.807) is 43.3 Å². The first-order valence-electron chi connectivity index (χ1n) is 10.4. The monoisotopic (exact) mass is 476 g/mol. The van der Waals surface area contributed by atoms with E-state index in [2.05, 4.69) is 32.3 Å². The molecule has 3 heterocycles. The number of aliphatic carboxylic acids is 1. The number of carbonyl (C=O) groups is 2. The molecule has 1 fully saturated rings. The highest BCUT2D eigenvalue weighted by Gasteiger charge is 2.55. The van der Waals surface area contributed by atoms with Crippen LogP contribution in [0.4, 0.5) is 10.5 Å². The Morgan fingerprint density at radius 2 is 1.97 bits per heavy atom. The summed E-state index contributed by atoms with van der Waals surface area (Å²) in [5, 5.41) is 16.2. The summed E-state index contributed by atoms with van der Waals surface area (Å²) in [6.07, 6.45) is 4.55. The van der Waals surface area contributed by atoms with Crippen molar-refractivity contribution < 1.29 is 24.0 Å². The van der Waals surface area contributed by atoms with Crippen molar-refractivity contribution in [2.45, 2.75) is 25.9 Å². The maximum Gasteiger partial charge on any atom is 0.412 e. The summed E-state index contributed by atoms with van der Waals surface area (Å²) in [6.45, 7) is 1.71. The van der Waals surface area contributed by atoms with E-state index in [1.165, 1.54) is 6.20 Å². The van der Waals surface area contributed by atoms with Gasteiger partial charge in [-0.15, -0.1) is 0 Å². The predicted octanol–water partition coefficient (Wildman–Crippen LogP) is 4.53. The summed E-state index contributed by atoms with van der Waals surface area (Å²) in [7, 11) is 0. The summed E-state index contributed by atoms with van der Waals surface area (Å²) < 4.78 is 10.5. The Morgan fingerprint density at radius 1 is 1.21 bits per heavy atom. The van der Waals surface area contributed by atoms with E-state index in [9.17, 15) is 14.7 Å². The Kier molecular flexibility index (Phi) is 5.30. The van der Waals surface area contributed by atoms with E-state index in [4.69, 9.17) is 20.9 Å². The van der Waals surface area contributed by atoms with Gasteiger partial charge in [-0.05, 0) is 43.7 Å². The van der Waals surface area contributed by atoms with Crippen LogP contribution < -0.4 is 5.32 Å². The SMILES string of the molecule is CC(OC(=O)Nc1cnoc1C#CC1=CC2=NC(C3(C(=O)O)CC3)=CC2=N1)c1ccccc1Cl. The number of rotatable bonds is 5. The lowest BCUT2D eigenvalue weighted by Gasteiger charge is -2.14. The Hall–Kier alpha value is -4.16. The van der Waals surface area contributed by atoms with Crippen LogP contribution in [0.15, 0.2) is 68.5 Å². The molecule has 34 heavy (non-hydrogen) atoms. The van der Waals surface area contributed by atoms with Crippen molar-refractivity contribution in [3.63, 3.8) is 0 Å². The van der Waals surface area contributed by atoms with Gasteiger partial charge in [0.15, 0.2) is 0 Å². The lowest BCUT2D eigenvalue weighted by molar-refractivity contribution is -0.141. The number of aliphatic imine (C=N–C) groups is 2. The fourth-order valence-electron chi connectivity index (χ4n) is 3.63. The molecular weight excluding hydrogens is 460 g/mol. The number of allylic oxidation sites excluding steroid dienone is 3. The Morgan fingerprint density at radius 3 is 2.68 bits per heavy atom. The first-order chi connectivity index (χ1) is 16.4. The van der Waals surface area contributed by atoms with E-state index in [0.29, 0.717) is 46.2 Å². The molecule has 1 aliphatic carbocycles. The number of carboxylic acid groups (broad SMARTS) is 1. The number of hydrogen-bond acceptors (Lipinski definition) is 7. The molecule has 1 aromatic carbocycles. The normalized spacial score (nSPS) is 17.8. The molecule has 0 bridgehead atoms. The van der Waals surface area contributed by atoms with Crippen molar-refractivity contribution in [3.05, 3.63) is 70.4 Å². The summed E-state index contributed by atoms with van der Waals surface area (Å²) in [5.41, 5.74) is 2.17. The molecule has 2 aliphatic heterocycles. The highest BCUT2D eigenvalue weighted by Crippen LogP contribution is 2.53. The zero-order valence-electron chi connectivity index (χ0n) is 17.8. The van der Waals surface area contributed by atoms with Crippen LogP contribution in [0.3, 0.4) is 0 Å². The maximum atomic E-state index is 12.3. The number of carboxylic acids is 1. The fourth-order valence-corrected chi connectivity index (χ4v) is 3.92. The highest BCUT2D eigenvalue weighted by molar-refractivity contribution is 6.54. The van der Waals surface area contributed by atoms with Crippen LogP contribution >= 0.6 is 11.6 Å². The average Bonchev–Trinajstić information content (AvgIpc) is 3.12. The van der Waals surface area contributed by atoms with Crippen molar-refractivity contribution in [2.24, 2.45) is 15.4 Å². The fraction of sp³-hybridized carbons (Fsp3) is 0.208. The van der Waals surface area contributed by atoms with Gasteiger partial charge in [-0.1, -0.05) is 35.0 Å². The molecular formula is C24H17ClN4O5. The largest absolute Gasteiger partial charge is 0.481 e. The third kappa shape index (κ3) is 4.00. The molecule has 0 spiro atoms. The number of anilines is 1. The molecule has 1 atom stereocenters. The maximum absolute atomic E-state index is 12.3. The van der Waals surface area contributed by atoms with Crippen LogP contribution in [0.1, 0.15) is 37.2 Å². The molecule has 2 N–H and O–H groups in total. The van der Waals surface area contributed by atoms with Crippen LogP contribution in [0, 0.1) is 17.3 Å². The Balaban J connectivity index is 1.24. The van der Waals surface area contributed by atoms with Crippen molar-refractivity contribution in [2.75, 3.05) is 5.32 Å². The number of fused-ring (bicyclic) bond motifs is 1. The van der Waals surface area contributed by atoms with E-state index in [1.807, 2.05) is 0 Å². The van der Waals surface area contributed by atoms with Crippen LogP contribution in [-0.2, 0) is 9.53 Å². The highest BCUT2D eigenvalue weighted by atomic mass is 35.5. The van der Waals surface area contributed by atoms with Crippen LogP contribution in [0.5, 0.6) is 0 Å². The van der Waals surface area contributed by atoms with E-state index in [-0.39, 0.29) is 11.4 Å². The van der Waals surface area contributed by atoms with Gasteiger partial charge in [-0.2, -0.15) is 0 Å². The molecule has 10 heteroatoms. The average molecular weight is 477 g/mol. The molecule has 1 aromatic heterocycles. The molecule has 0 radical (unpaired) electrons. The van der Waals surface area contributed by atoms with Crippen molar-refractivity contribution in [1.82, 2.24) is 5.16 Å². The van der Waals surface area contributed by atoms with E-state index < -0.39 is 23.6 Å². The minimum atomic E-state index is -0.877. The van der Waals surface area contributed by atoms with Crippen molar-refractivity contribution in [1.29, 1.82) is 0 Å². The van der Waals surface area contributed by atoms with Gasteiger partial charge in [0.05, 0.1) is 23.3 Å². The number of carbonyl (C=O) groups excluding carboxylic acids is 1. The van der Waals surface area contributed by atoms with Crippen LogP contribution in [-0.4, -0.2) is 33.7 Å². The van der Waals surface area contributed by atoms with Gasteiger partial charge < -0.3 is 14.4 Å². The van der Waals surface area contributed by atoms with Crippen LogP contribution in [0.25, 0.3) is 0 Å². The number of aromatic nitrogens is 1. The van der Waals surface area contributed by atoms with Crippen LogP contribution in [0.2, 0.25) is 5.02 Å². The molecule has 1 unspecified atom stereocenters. The minimum absolute atomic E-state index is 0.126. The third-order valence-electron chi connectivity index (χ3n) is 5.68. The van der Waals surface area contributed by atoms with Gasteiger partial charge in [0.2, 0.25) is 5.76 Å². The number of nitrogens with one attached hydrogen (secondary N) is 1. The lowest BCUT2D eigenvalue weighted by Crippen LogP contribution is -2.16. The van der Waals surface area contributed by atoms with E-state index in [0.717, 1.165) is 0 Å². The minimum Gasteiger partial charge on any atom is -0.481 e. The summed E-state index contributed by atoms with van der Waals surface area (Å²) in [5.74, 6) is 4.89. The quantitative estimate of drug-likeness (QED) is 0.610. The lowest BCUT2D eigenvalue weighted by atomic mass is 10.0. The number of benzene rings is 1. The zero-order valence-corrected chi connectivity index (χ0v) is 18.6. The molecule has 2 aromatic rings. The molecule has 1 amide bonds. The Bertz CT molecular complexity index is 1400. The predicted molar refractivity (Wildman–Crippen MR) is 124 cm³/mol. The molecule has 170 valence electrons. The molecule has 5 rings (SSSR count). The van der Waals surface area contributed by atoms with Gasteiger partial charge >= 0.3 is 12.1 Å². The first kappa shape index (κ1) is 21.7. The second kappa shape index (κ2) is 8.32. The van der Waals surface area contributed by atoms with Crippen molar-refractivity contribution in [3.8, 4) is 11.8 Å². The smallest absolute Gasteiger partial charge is 0.412 e. The standard InChI is InChI=1S/C24H17ClN4O5/c1-13(15-4-2-3-5-16(15)25)33-23(32)29-19-12-26-34-20(19)7-6-14-10-17-18(27-14)11-21(28-17)24(8-9-24)22(30)31/h2-5,10-13H,8-9H2,1H3,(H,29,32)(H,30,31). The number of halogens is 1. The number of nitrogens with zero attached hydrogens (tertiary/aromatic N) is 3. The zero-order chi connectivity index (χ0) is 23.9. The molecule has 3 aliphatic rings. The van der Waals surface area contributed by atoms with Gasteiger partial charge in [-0.3, -0.25) is 10.1 Å².